The molecule has 0 bridgehead atoms. The van der Waals surface area contributed by atoms with Crippen LogP contribution in [-0.2, 0) is 26.0 Å². The Bertz CT molecular complexity index is 821. The van der Waals surface area contributed by atoms with Gasteiger partial charge in [0.2, 0.25) is 10.0 Å². The second kappa shape index (κ2) is 8.67. The van der Waals surface area contributed by atoms with Crippen LogP contribution in [0.5, 0.6) is 0 Å². The molecule has 0 fully saturated rings. The highest BCUT2D eigenvalue weighted by Gasteiger charge is 2.27. The summed E-state index contributed by atoms with van der Waals surface area (Å²) in [6, 6.07) is 11.9. The summed E-state index contributed by atoms with van der Waals surface area (Å²) in [5.74, 6) is -0.650. The zero-order valence-corrected chi connectivity index (χ0v) is 15.7. The lowest BCUT2D eigenvalue weighted by Gasteiger charge is -2.18. The quantitative estimate of drug-likeness (QED) is 0.721. The highest BCUT2D eigenvalue weighted by atomic mass is 35.5. The number of nitrogens with one attached hydrogen (secondary N) is 1. The number of benzene rings is 2. The number of esters is 1. The molecule has 1 N–H and O–H groups in total. The van der Waals surface area contributed by atoms with E-state index in [-0.39, 0.29) is 28.0 Å². The summed E-state index contributed by atoms with van der Waals surface area (Å²) in [6.45, 7) is 1.80. The molecule has 0 saturated carbocycles. The van der Waals surface area contributed by atoms with Crippen molar-refractivity contribution in [2.24, 2.45) is 0 Å². The molecule has 5 nitrogen and oxygen atoms in total. The molecule has 0 saturated heterocycles. The molecule has 0 aliphatic rings. The summed E-state index contributed by atoms with van der Waals surface area (Å²) < 4.78 is 32.6. The Morgan fingerprint density at radius 1 is 1.12 bits per heavy atom. The Hall–Kier alpha value is -1.60. The topological polar surface area (TPSA) is 72.5 Å². The number of carbonyl (C=O) groups excluding carboxylic acids is 1. The van der Waals surface area contributed by atoms with Gasteiger partial charge in [-0.3, -0.25) is 4.79 Å². The molecule has 0 spiro atoms. The Morgan fingerprint density at radius 3 is 2.28 bits per heavy atom. The van der Waals surface area contributed by atoms with Crippen molar-refractivity contribution in [3.05, 3.63) is 64.1 Å². The van der Waals surface area contributed by atoms with Crippen LogP contribution in [0.1, 0.15) is 12.5 Å². The van der Waals surface area contributed by atoms with Gasteiger partial charge in [-0.1, -0.05) is 53.5 Å². The molecule has 1 atom stereocenters. The lowest BCUT2D eigenvalue weighted by atomic mass is 10.1. The molecule has 0 heterocycles. The molecule has 0 aromatic heterocycles. The van der Waals surface area contributed by atoms with Gasteiger partial charge < -0.3 is 4.74 Å². The Kier molecular flexibility index (Phi) is 6.84. The van der Waals surface area contributed by atoms with Crippen LogP contribution in [0.25, 0.3) is 0 Å². The fraction of sp³-hybridized carbons (Fsp3) is 0.235. The molecule has 0 aliphatic heterocycles. The molecule has 25 heavy (non-hydrogen) atoms. The highest BCUT2D eigenvalue weighted by Crippen LogP contribution is 2.22. The van der Waals surface area contributed by atoms with Gasteiger partial charge in [-0.2, -0.15) is 4.72 Å². The van der Waals surface area contributed by atoms with Crippen LogP contribution in [0.15, 0.2) is 53.4 Å². The predicted octanol–water partition coefficient (Wildman–Crippen LogP) is 3.45. The Morgan fingerprint density at radius 2 is 1.72 bits per heavy atom. The monoisotopic (exact) mass is 401 g/mol. The van der Waals surface area contributed by atoms with Crippen molar-refractivity contribution in [2.45, 2.75) is 24.3 Å². The van der Waals surface area contributed by atoms with Gasteiger partial charge in [-0.05, 0) is 37.1 Å². The van der Waals surface area contributed by atoms with E-state index in [1.807, 2.05) is 18.2 Å². The van der Waals surface area contributed by atoms with Crippen LogP contribution in [-0.4, -0.2) is 27.0 Å². The van der Waals surface area contributed by atoms with Gasteiger partial charge in [0.1, 0.15) is 6.04 Å². The van der Waals surface area contributed by atoms with Gasteiger partial charge in [0.25, 0.3) is 0 Å². The standard InChI is InChI=1S/C17H17Cl2NO4S/c1-2-24-17(21)16(8-12-6-4-3-5-7-12)20-25(22,23)15-10-13(18)9-14(19)11-15/h3-7,9-11,16,20H,2,8H2,1H3. The van der Waals surface area contributed by atoms with E-state index in [0.29, 0.717) is 0 Å². The third-order valence-corrected chi connectivity index (χ3v) is 5.19. The average molecular weight is 402 g/mol. The lowest BCUT2D eigenvalue weighted by molar-refractivity contribution is -0.145. The lowest BCUT2D eigenvalue weighted by Crippen LogP contribution is -2.43. The average Bonchev–Trinajstić information content (AvgIpc) is 2.54. The Balaban J connectivity index is 2.29. The van der Waals surface area contributed by atoms with Crippen LogP contribution in [0.3, 0.4) is 0 Å². The van der Waals surface area contributed by atoms with Crippen molar-refractivity contribution < 1.29 is 17.9 Å². The molecule has 8 heteroatoms. The van der Waals surface area contributed by atoms with Gasteiger partial charge in [-0.15, -0.1) is 0 Å². The molecule has 0 amide bonds. The Labute approximate surface area is 157 Å². The van der Waals surface area contributed by atoms with Crippen LogP contribution >= 0.6 is 23.2 Å². The van der Waals surface area contributed by atoms with E-state index in [9.17, 15) is 13.2 Å². The van der Waals surface area contributed by atoms with Crippen LogP contribution in [0.2, 0.25) is 10.0 Å². The number of carbonyl (C=O) groups is 1. The van der Waals surface area contributed by atoms with E-state index in [1.54, 1.807) is 19.1 Å². The largest absolute Gasteiger partial charge is 0.465 e. The molecule has 2 rings (SSSR count). The first kappa shape index (κ1) is 19.7. The van der Waals surface area contributed by atoms with Crippen LogP contribution in [0, 0.1) is 0 Å². The second-order valence-electron chi connectivity index (χ2n) is 5.22. The normalized spacial score (nSPS) is 12.6. The summed E-state index contributed by atoms with van der Waals surface area (Å²) in [5.41, 5.74) is 0.798. The minimum atomic E-state index is -4.01. The molecule has 2 aromatic rings. The van der Waals surface area contributed by atoms with E-state index in [0.717, 1.165) is 5.56 Å². The molecule has 134 valence electrons. The van der Waals surface area contributed by atoms with Gasteiger partial charge in [0, 0.05) is 10.0 Å². The smallest absolute Gasteiger partial charge is 0.324 e. The number of halogens is 2. The molecule has 0 aliphatic carbocycles. The minimum absolute atomic E-state index is 0.118. The maximum atomic E-state index is 12.6. The number of hydrogen-bond donors (Lipinski definition) is 1. The third kappa shape index (κ3) is 5.71. The molecular weight excluding hydrogens is 385 g/mol. The van der Waals surface area contributed by atoms with Gasteiger partial charge >= 0.3 is 5.97 Å². The predicted molar refractivity (Wildman–Crippen MR) is 97.4 cm³/mol. The maximum Gasteiger partial charge on any atom is 0.324 e. The zero-order chi connectivity index (χ0) is 18.4. The number of rotatable bonds is 7. The molecule has 2 aromatic carbocycles. The van der Waals surface area contributed by atoms with Gasteiger partial charge in [0.15, 0.2) is 0 Å². The summed E-state index contributed by atoms with van der Waals surface area (Å²) in [7, 11) is -4.01. The van der Waals surface area contributed by atoms with Gasteiger partial charge in [0.05, 0.1) is 11.5 Å². The van der Waals surface area contributed by atoms with E-state index >= 15 is 0 Å². The first-order chi connectivity index (χ1) is 11.8. The van der Waals surface area contributed by atoms with E-state index < -0.39 is 22.0 Å². The van der Waals surface area contributed by atoms with Crippen molar-refractivity contribution in [3.63, 3.8) is 0 Å². The van der Waals surface area contributed by atoms with E-state index in [2.05, 4.69) is 4.72 Å². The summed E-state index contributed by atoms with van der Waals surface area (Å²) >= 11 is 11.7. The van der Waals surface area contributed by atoms with Crippen molar-refractivity contribution in [3.8, 4) is 0 Å². The minimum Gasteiger partial charge on any atom is -0.465 e. The van der Waals surface area contributed by atoms with Crippen molar-refractivity contribution in [1.82, 2.24) is 4.72 Å². The maximum absolute atomic E-state index is 12.6. The molecular formula is C17H17Cl2NO4S. The second-order valence-corrected chi connectivity index (χ2v) is 7.81. The fourth-order valence-corrected chi connectivity index (χ4v) is 4.11. The van der Waals surface area contributed by atoms with Gasteiger partial charge in [-0.25, -0.2) is 8.42 Å². The van der Waals surface area contributed by atoms with Crippen molar-refractivity contribution in [1.29, 1.82) is 0 Å². The molecule has 0 radical (unpaired) electrons. The van der Waals surface area contributed by atoms with E-state index in [4.69, 9.17) is 27.9 Å². The van der Waals surface area contributed by atoms with Crippen molar-refractivity contribution >= 4 is 39.2 Å². The highest BCUT2D eigenvalue weighted by molar-refractivity contribution is 7.89. The summed E-state index contributed by atoms with van der Waals surface area (Å²) in [5, 5.41) is 0.368. The molecule has 1 unspecified atom stereocenters. The first-order valence-electron chi connectivity index (χ1n) is 7.51. The van der Waals surface area contributed by atoms with E-state index in [1.165, 1.54) is 18.2 Å². The summed E-state index contributed by atoms with van der Waals surface area (Å²) in [4.78, 5) is 12.1. The number of sulfonamides is 1. The van der Waals surface area contributed by atoms with Crippen LogP contribution in [0.4, 0.5) is 0 Å². The fourth-order valence-electron chi connectivity index (χ4n) is 2.20. The summed E-state index contributed by atoms with van der Waals surface area (Å²) in [6.07, 6.45) is 0.160. The van der Waals surface area contributed by atoms with Crippen molar-refractivity contribution in [2.75, 3.05) is 6.61 Å². The zero-order valence-electron chi connectivity index (χ0n) is 13.4. The number of ether oxygens (including phenoxy) is 1. The third-order valence-electron chi connectivity index (χ3n) is 3.30. The SMILES string of the molecule is CCOC(=O)C(Cc1ccccc1)NS(=O)(=O)c1cc(Cl)cc(Cl)c1. The first-order valence-corrected chi connectivity index (χ1v) is 9.74. The number of hydrogen-bond acceptors (Lipinski definition) is 4. The van der Waals surface area contributed by atoms with Crippen LogP contribution < -0.4 is 4.72 Å².